The second-order valence-electron chi connectivity index (χ2n) is 8.30. The zero-order chi connectivity index (χ0) is 23.5. The second-order valence-corrected chi connectivity index (χ2v) is 8.30. The van der Waals surface area contributed by atoms with Crippen molar-refractivity contribution in [1.29, 1.82) is 5.26 Å². The molecule has 7 heteroatoms. The van der Waals surface area contributed by atoms with Gasteiger partial charge < -0.3 is 14.5 Å². The summed E-state index contributed by atoms with van der Waals surface area (Å²) < 4.78 is 10.5. The smallest absolute Gasteiger partial charge is 0.251 e. The molecule has 1 unspecified atom stereocenters. The molecule has 0 amide bonds. The maximum atomic E-state index is 12.5. The van der Waals surface area contributed by atoms with Gasteiger partial charge in [0.25, 0.3) is 5.56 Å². The van der Waals surface area contributed by atoms with Crippen molar-refractivity contribution in [2.24, 2.45) is 0 Å². The summed E-state index contributed by atoms with van der Waals surface area (Å²) in [7, 11) is 3.05. The molecule has 0 fully saturated rings. The summed E-state index contributed by atoms with van der Waals surface area (Å²) in [5.41, 5.74) is 2.42. The molecule has 7 nitrogen and oxygen atoms in total. The van der Waals surface area contributed by atoms with Crippen molar-refractivity contribution in [1.82, 2.24) is 15.0 Å². The predicted octanol–water partition coefficient (Wildman–Crippen LogP) is 4.44. The Balaban J connectivity index is 2.19. The molecular weight excluding hydrogens is 404 g/mol. The molecule has 168 valence electrons. The normalized spacial score (nSPS) is 13.9. The van der Waals surface area contributed by atoms with Gasteiger partial charge >= 0.3 is 0 Å². The molecule has 2 heterocycles. The van der Waals surface area contributed by atoms with Crippen LogP contribution in [-0.2, 0) is 18.3 Å². The number of H-pyrrole nitrogens is 1. The minimum absolute atomic E-state index is 0.0909. The number of methoxy groups -OCH3 is 2. The number of nitriles is 1. The molecule has 0 saturated heterocycles. The summed E-state index contributed by atoms with van der Waals surface area (Å²) in [5.74, 6) is 1.47. The van der Waals surface area contributed by atoms with Crippen molar-refractivity contribution >= 4 is 10.9 Å². The van der Waals surface area contributed by atoms with Crippen LogP contribution in [0.5, 0.6) is 11.8 Å². The molecule has 32 heavy (non-hydrogen) atoms. The lowest BCUT2D eigenvalue weighted by molar-refractivity contribution is 0.366. The molecule has 2 atom stereocenters. The van der Waals surface area contributed by atoms with Crippen LogP contribution < -0.4 is 15.0 Å². The SMILES string of the molecule is CCc1cc2c(C(C)CC)cc([C@](C)(C#N)Cc3nc(OC)cc(OC)n3)cc2[nH]c1=O. The summed E-state index contributed by atoms with van der Waals surface area (Å²) in [6, 6.07) is 10.0. The molecule has 2 aromatic heterocycles. The Kier molecular flexibility index (Phi) is 6.83. The highest BCUT2D eigenvalue weighted by atomic mass is 16.5. The monoisotopic (exact) mass is 434 g/mol. The highest BCUT2D eigenvalue weighted by Gasteiger charge is 2.30. The van der Waals surface area contributed by atoms with Crippen LogP contribution in [0.4, 0.5) is 0 Å². The van der Waals surface area contributed by atoms with E-state index in [2.05, 4.69) is 40.9 Å². The van der Waals surface area contributed by atoms with Crippen molar-refractivity contribution < 1.29 is 9.47 Å². The number of aryl methyl sites for hydroxylation is 1. The fourth-order valence-electron chi connectivity index (χ4n) is 3.85. The fourth-order valence-corrected chi connectivity index (χ4v) is 3.85. The van der Waals surface area contributed by atoms with Crippen molar-refractivity contribution in [3.05, 3.63) is 57.1 Å². The zero-order valence-corrected chi connectivity index (χ0v) is 19.6. The third-order valence-corrected chi connectivity index (χ3v) is 6.13. The van der Waals surface area contributed by atoms with Gasteiger partial charge in [-0.2, -0.15) is 15.2 Å². The van der Waals surface area contributed by atoms with E-state index < -0.39 is 5.41 Å². The Labute approximate surface area is 188 Å². The number of aromatic amines is 1. The quantitative estimate of drug-likeness (QED) is 0.563. The largest absolute Gasteiger partial charge is 0.481 e. The number of nitrogens with one attached hydrogen (secondary N) is 1. The van der Waals surface area contributed by atoms with Gasteiger partial charge in [-0.05, 0) is 48.9 Å². The molecule has 1 N–H and O–H groups in total. The van der Waals surface area contributed by atoms with Gasteiger partial charge in [0.1, 0.15) is 5.82 Å². The van der Waals surface area contributed by atoms with E-state index in [9.17, 15) is 10.1 Å². The van der Waals surface area contributed by atoms with E-state index in [4.69, 9.17) is 9.47 Å². The number of ether oxygens (including phenoxy) is 2. The zero-order valence-electron chi connectivity index (χ0n) is 19.6. The number of aromatic nitrogens is 3. The van der Waals surface area contributed by atoms with E-state index in [1.165, 1.54) is 14.2 Å². The van der Waals surface area contributed by atoms with Crippen molar-refractivity contribution in [2.75, 3.05) is 14.2 Å². The molecule has 0 radical (unpaired) electrons. The first kappa shape index (κ1) is 23.3. The molecule has 1 aromatic carbocycles. The van der Waals surface area contributed by atoms with Crippen molar-refractivity contribution in [2.45, 2.75) is 58.3 Å². The number of hydrogen-bond acceptors (Lipinski definition) is 6. The minimum atomic E-state index is -0.923. The lowest BCUT2D eigenvalue weighted by Gasteiger charge is -2.25. The lowest BCUT2D eigenvalue weighted by atomic mass is 9.78. The Bertz CT molecular complexity index is 1210. The Morgan fingerprint density at radius 3 is 2.31 bits per heavy atom. The Morgan fingerprint density at radius 2 is 1.78 bits per heavy atom. The average molecular weight is 435 g/mol. The van der Waals surface area contributed by atoms with E-state index in [-0.39, 0.29) is 17.9 Å². The van der Waals surface area contributed by atoms with Gasteiger partial charge in [-0.15, -0.1) is 0 Å². The first-order valence-corrected chi connectivity index (χ1v) is 10.9. The first-order valence-electron chi connectivity index (χ1n) is 10.9. The maximum Gasteiger partial charge on any atom is 0.251 e. The van der Waals surface area contributed by atoms with Crippen LogP contribution >= 0.6 is 0 Å². The van der Waals surface area contributed by atoms with E-state index in [1.54, 1.807) is 6.07 Å². The van der Waals surface area contributed by atoms with E-state index in [0.29, 0.717) is 24.0 Å². The van der Waals surface area contributed by atoms with Crippen molar-refractivity contribution in [3.63, 3.8) is 0 Å². The molecule has 0 aliphatic rings. The number of fused-ring (bicyclic) bond motifs is 1. The number of rotatable bonds is 8. The molecule has 0 aliphatic carbocycles. The van der Waals surface area contributed by atoms with Gasteiger partial charge in [-0.1, -0.05) is 26.8 Å². The second kappa shape index (κ2) is 9.39. The van der Waals surface area contributed by atoms with Crippen LogP contribution in [0.1, 0.15) is 62.5 Å². The third-order valence-electron chi connectivity index (χ3n) is 6.13. The molecule has 0 aliphatic heterocycles. The van der Waals surface area contributed by atoms with Crippen LogP contribution in [0.25, 0.3) is 10.9 Å². The lowest BCUT2D eigenvalue weighted by Crippen LogP contribution is -2.25. The molecular formula is C25H30N4O3. The molecule has 3 rings (SSSR count). The number of pyridine rings is 1. The molecule has 3 aromatic rings. The summed E-state index contributed by atoms with van der Waals surface area (Å²) in [6.07, 6.45) is 1.87. The van der Waals surface area contributed by atoms with Gasteiger partial charge in [-0.25, -0.2) is 0 Å². The Hall–Kier alpha value is -3.40. The standard InChI is InChI=1S/C25H30N4O3/c1-7-15(3)18-10-17(11-20-19(18)9-16(8-2)24(30)27-20)25(4,14-26)13-21-28-22(31-5)12-23(29-21)32-6/h9-12,15H,7-8,13H2,1-6H3,(H,27,30)/t15?,25-/m0/s1. The minimum Gasteiger partial charge on any atom is -0.481 e. The average Bonchev–Trinajstić information content (AvgIpc) is 2.81. The van der Waals surface area contributed by atoms with E-state index in [0.717, 1.165) is 34.0 Å². The third kappa shape index (κ3) is 4.45. The van der Waals surface area contributed by atoms with Crippen LogP contribution in [0.15, 0.2) is 29.1 Å². The summed E-state index contributed by atoms with van der Waals surface area (Å²) in [6.45, 7) is 8.13. The first-order chi connectivity index (χ1) is 15.3. The Morgan fingerprint density at radius 1 is 1.12 bits per heavy atom. The van der Waals surface area contributed by atoms with Gasteiger partial charge in [-0.3, -0.25) is 4.79 Å². The highest BCUT2D eigenvalue weighted by Crippen LogP contribution is 2.35. The van der Waals surface area contributed by atoms with E-state index in [1.807, 2.05) is 26.0 Å². The van der Waals surface area contributed by atoms with Gasteiger partial charge in [0, 0.05) is 22.9 Å². The summed E-state index contributed by atoms with van der Waals surface area (Å²) >= 11 is 0. The van der Waals surface area contributed by atoms with Crippen LogP contribution in [0, 0.1) is 11.3 Å². The molecule has 0 bridgehead atoms. The fraction of sp³-hybridized carbons (Fsp3) is 0.440. The van der Waals surface area contributed by atoms with Gasteiger partial charge in [0.2, 0.25) is 11.8 Å². The van der Waals surface area contributed by atoms with Gasteiger partial charge in [0.15, 0.2) is 0 Å². The molecule has 0 spiro atoms. The van der Waals surface area contributed by atoms with Crippen LogP contribution in [-0.4, -0.2) is 29.2 Å². The predicted molar refractivity (Wildman–Crippen MR) is 124 cm³/mol. The van der Waals surface area contributed by atoms with Gasteiger partial charge in [0.05, 0.1) is 31.8 Å². The number of benzene rings is 1. The molecule has 0 saturated carbocycles. The van der Waals surface area contributed by atoms with E-state index >= 15 is 0 Å². The summed E-state index contributed by atoms with van der Waals surface area (Å²) in [5, 5.41) is 11.2. The topological polar surface area (TPSA) is 101 Å². The van der Waals surface area contributed by atoms with Crippen LogP contribution in [0.3, 0.4) is 0 Å². The highest BCUT2D eigenvalue weighted by molar-refractivity contribution is 5.84. The van der Waals surface area contributed by atoms with Crippen LogP contribution in [0.2, 0.25) is 0 Å². The summed E-state index contributed by atoms with van der Waals surface area (Å²) in [4.78, 5) is 24.4. The number of hydrogen-bond donors (Lipinski definition) is 1. The van der Waals surface area contributed by atoms with Crippen molar-refractivity contribution in [3.8, 4) is 17.8 Å². The maximum absolute atomic E-state index is 12.5. The number of nitrogens with zero attached hydrogens (tertiary/aromatic N) is 3.